The lowest BCUT2D eigenvalue weighted by molar-refractivity contribution is 1.08. The second kappa shape index (κ2) is 36.8. The molecule has 0 aliphatic heterocycles. The van der Waals surface area contributed by atoms with Gasteiger partial charge in [-0.05, 0) is 251 Å². The molecule has 6 aromatic heterocycles. The zero-order valence-electron chi connectivity index (χ0n) is 81.2. The van der Waals surface area contributed by atoms with E-state index in [1.807, 2.05) is 0 Å². The minimum atomic E-state index is -0.182. The van der Waals surface area contributed by atoms with Crippen molar-refractivity contribution in [2.75, 3.05) is 19.6 Å². The predicted octanol–water partition coefficient (Wildman–Crippen LogP) is 34.6. The van der Waals surface area contributed by atoms with Crippen molar-refractivity contribution in [3.8, 4) is 56.7 Å². The van der Waals surface area contributed by atoms with Crippen LogP contribution in [0.15, 0.2) is 564 Å². The molecule has 0 bridgehead atoms. The van der Waals surface area contributed by atoms with Crippen molar-refractivity contribution in [2.24, 2.45) is 0 Å². The lowest BCUT2D eigenvalue weighted by Gasteiger charge is -2.25. The number of pyridine rings is 2. The van der Waals surface area contributed by atoms with Gasteiger partial charge < -0.3 is 28.7 Å². The van der Waals surface area contributed by atoms with Gasteiger partial charge in [-0.1, -0.05) is 362 Å². The number of benzene rings is 22. The summed E-state index contributed by atoms with van der Waals surface area (Å²) >= 11 is 0. The molecule has 0 atom stereocenters. The van der Waals surface area contributed by atoms with Gasteiger partial charge in [-0.25, -0.2) is 9.97 Å². The van der Waals surface area contributed by atoms with Crippen LogP contribution >= 0.6 is 0 Å². The first-order valence-electron chi connectivity index (χ1n) is 50.9. The lowest BCUT2D eigenvalue weighted by Crippen LogP contribution is -2.51. The molecule has 0 amide bonds. The Hall–Kier alpha value is -19.9. The number of para-hydroxylation sites is 8. The monoisotopic (exact) mass is 1900 g/mol. The summed E-state index contributed by atoms with van der Waals surface area (Å²) in [6, 6.07) is 206. The van der Waals surface area contributed by atoms with Gasteiger partial charge in [0.2, 0.25) is 6.71 Å². The van der Waals surface area contributed by atoms with E-state index in [1.54, 1.807) is 0 Å². The van der Waals surface area contributed by atoms with E-state index >= 15 is 0 Å². The number of aromatic nitrogens is 6. The second-order valence-electron chi connectivity index (χ2n) is 38.4. The van der Waals surface area contributed by atoms with Gasteiger partial charge in [0.25, 0.3) is 0 Å². The van der Waals surface area contributed by atoms with E-state index in [-0.39, 0.29) is 6.71 Å². The minimum Gasteiger partial charge on any atom is -0.310 e. The third-order valence-electron chi connectivity index (χ3n) is 29.7. The quantitative estimate of drug-likeness (QED) is 0.0630. The molecule has 28 aromatic rings. The van der Waals surface area contributed by atoms with Crippen LogP contribution in [0, 0.1) is 0 Å². The number of hydrogen-bond donors (Lipinski definition) is 0. The Morgan fingerprint density at radius 3 is 0.691 bits per heavy atom. The molecule has 22 aromatic carbocycles. The molecule has 0 aliphatic carbocycles. The number of hydrogen-bond acceptors (Lipinski definition) is 6. The molecule has 0 N–H and O–H groups in total. The van der Waals surface area contributed by atoms with Crippen molar-refractivity contribution >= 4 is 200 Å². The first-order valence-corrected chi connectivity index (χ1v) is 50.9. The van der Waals surface area contributed by atoms with Crippen molar-refractivity contribution in [1.29, 1.82) is 0 Å². The fraction of sp³-hybridized carbons (Fsp3) is 0. The lowest BCUT2D eigenvalue weighted by atomic mass is 9.36. The summed E-state index contributed by atoms with van der Waals surface area (Å²) in [5.41, 5.74) is 32.9. The maximum Gasteiger partial charge on any atom is 0.241 e. The van der Waals surface area contributed by atoms with E-state index in [4.69, 9.17) is 9.97 Å². The molecule has 0 fully saturated rings. The van der Waals surface area contributed by atoms with Crippen molar-refractivity contribution in [3.05, 3.63) is 564 Å². The van der Waals surface area contributed by atoms with E-state index < -0.39 is 0 Å². The number of fused-ring (bicyclic) bond motifs is 16. The van der Waals surface area contributed by atoms with E-state index in [0.717, 1.165) is 228 Å². The minimum absolute atomic E-state index is 0.182. The van der Waals surface area contributed by atoms with E-state index in [1.165, 1.54) is 22.0 Å². The zero-order chi connectivity index (χ0) is 98.4. The molecule has 28 rings (SSSR count). The van der Waals surface area contributed by atoms with Crippen molar-refractivity contribution < 1.29 is 0 Å². The Kier molecular flexibility index (Phi) is 21.5. The Labute approximate surface area is 862 Å². The molecule has 0 radical (unpaired) electrons. The first kappa shape index (κ1) is 87.0. The highest BCUT2D eigenvalue weighted by Gasteiger charge is 2.31. The number of nitrogens with zero attached hydrogens (tertiary/aromatic N) is 10. The maximum absolute atomic E-state index is 5.68. The highest BCUT2D eigenvalue weighted by molar-refractivity contribution is 6.95. The molecule has 0 saturated heterocycles. The zero-order valence-corrected chi connectivity index (χ0v) is 81.2. The summed E-state index contributed by atoms with van der Waals surface area (Å²) in [6.07, 6.45) is 0. The van der Waals surface area contributed by atoms with Crippen LogP contribution in [0.1, 0.15) is 0 Å². The van der Waals surface area contributed by atoms with Crippen LogP contribution in [-0.4, -0.2) is 34.9 Å². The SMILES string of the molecule is c1ccc(-c2ccc(B(c3ccc4cc(-n5c6ccc(N(c7ccccc7)c7ccccc7)cc6c6ccc7c8cc(N(c9ccccc9)c9ccccc9)ccc8n(-c8cccc(-c9ccccc9)n8)c7c65)ccc4c3)c3ccc4cc(-n5c6ccc(N(c7ccccc7)c7ccccc7)cc6c6ccc7c8cc(N(c9ccccc9)c9ccccc9)ccc8n(-c8cccc(-c9ccccc9)n8)c7c65)ccc4c3)cc2)cc1. The van der Waals surface area contributed by atoms with Gasteiger partial charge in [0, 0.05) is 134 Å². The maximum atomic E-state index is 5.68. The summed E-state index contributed by atoms with van der Waals surface area (Å²) < 4.78 is 9.92. The Morgan fingerprint density at radius 1 is 0.154 bits per heavy atom. The van der Waals surface area contributed by atoms with Crippen LogP contribution < -0.4 is 36.0 Å². The highest BCUT2D eigenvalue weighted by Crippen LogP contribution is 2.51. The largest absolute Gasteiger partial charge is 0.310 e. The highest BCUT2D eigenvalue weighted by atomic mass is 15.2. The van der Waals surface area contributed by atoms with Crippen LogP contribution in [0.5, 0.6) is 0 Å². The van der Waals surface area contributed by atoms with Gasteiger partial charge in [0.15, 0.2) is 0 Å². The fourth-order valence-corrected chi connectivity index (χ4v) is 23.0. The van der Waals surface area contributed by atoms with E-state index in [0.29, 0.717) is 0 Å². The predicted molar refractivity (Wildman–Crippen MR) is 627 cm³/mol. The number of anilines is 12. The Bertz CT molecular complexity index is 9260. The Balaban J connectivity index is 0.631. The smallest absolute Gasteiger partial charge is 0.241 e. The van der Waals surface area contributed by atoms with Crippen molar-refractivity contribution in [1.82, 2.24) is 28.2 Å². The van der Waals surface area contributed by atoms with Crippen LogP contribution in [0.2, 0.25) is 0 Å². The third-order valence-corrected chi connectivity index (χ3v) is 29.7. The summed E-state index contributed by atoms with van der Waals surface area (Å²) in [5.74, 6) is 1.63. The fourth-order valence-electron chi connectivity index (χ4n) is 23.0. The number of rotatable bonds is 22. The molecular weight excluding hydrogens is 1810 g/mol. The Morgan fingerprint density at radius 2 is 0.396 bits per heavy atom. The molecule has 10 nitrogen and oxygen atoms in total. The summed E-state index contributed by atoms with van der Waals surface area (Å²) in [6.45, 7) is -0.182. The molecule has 6 heterocycles. The van der Waals surface area contributed by atoms with Gasteiger partial charge >= 0.3 is 0 Å². The molecule has 0 spiro atoms. The topological polar surface area (TPSA) is 58.5 Å². The van der Waals surface area contributed by atoms with Gasteiger partial charge in [-0.2, -0.15) is 0 Å². The molecule has 0 unspecified atom stereocenters. The van der Waals surface area contributed by atoms with Crippen LogP contribution in [-0.2, 0) is 0 Å². The molecule has 149 heavy (non-hydrogen) atoms. The first-order chi connectivity index (χ1) is 73.9. The summed E-state index contributed by atoms with van der Waals surface area (Å²) in [4.78, 5) is 20.8. The van der Waals surface area contributed by atoms with Crippen LogP contribution in [0.25, 0.3) is 165 Å². The summed E-state index contributed by atoms with van der Waals surface area (Å²) in [7, 11) is 0. The van der Waals surface area contributed by atoms with Crippen LogP contribution in [0.4, 0.5) is 68.2 Å². The van der Waals surface area contributed by atoms with Gasteiger partial charge in [-0.3, -0.25) is 9.13 Å². The van der Waals surface area contributed by atoms with Gasteiger partial charge in [0.1, 0.15) is 11.6 Å². The standard InChI is InChI=1S/C138H93BN10/c1-12-36-94(37-13-1)95-62-68-102(69-63-95)139(103-70-64-100-88-113(72-66-98(100)86-103)146-129-82-74-115(142(105-42-18-4-19-43-105)106-44-20-5-21-45-106)90-123(129)119-78-80-121-125-92-117(144(109-50-26-8-27-51-109)110-52-28-9-29-53-110)76-84-131(125)148(137(121)135(119)146)133-60-34-58-127(140-133)96-38-14-2-15-39-96)104-71-65-101-89-114(73-67-99(101)87-104)147-130-83-75-116(143(107-46-22-6-23-47-107)108-48-24-7-25-49-108)91-124(130)120-79-81-122-126-93-118(145(111-54-30-10-31-55-111)112-56-32-11-33-57-112)77-85-132(126)149(138(122)136(120)147)134-61-35-59-128(141-134)97-40-16-3-17-41-97/h1-93H. The molecule has 698 valence electrons. The van der Waals surface area contributed by atoms with Crippen molar-refractivity contribution in [3.63, 3.8) is 0 Å². The van der Waals surface area contributed by atoms with Gasteiger partial charge in [-0.15, -0.1) is 0 Å². The van der Waals surface area contributed by atoms with Crippen molar-refractivity contribution in [2.45, 2.75) is 0 Å². The second-order valence-corrected chi connectivity index (χ2v) is 38.4. The van der Waals surface area contributed by atoms with E-state index in [9.17, 15) is 0 Å². The normalized spacial score (nSPS) is 11.6. The average Bonchev–Trinajstić information content (AvgIpc) is 1.54. The third kappa shape index (κ3) is 15.4. The van der Waals surface area contributed by atoms with E-state index in [2.05, 4.69) is 602 Å². The van der Waals surface area contributed by atoms with Gasteiger partial charge in [0.05, 0.1) is 55.5 Å². The molecule has 0 aliphatic rings. The molecular formula is C138H93BN10. The average molecular weight is 1900 g/mol. The van der Waals surface area contributed by atoms with Crippen LogP contribution in [0.3, 0.4) is 0 Å². The summed E-state index contributed by atoms with van der Waals surface area (Å²) in [5, 5.41) is 13.3. The molecule has 0 saturated carbocycles. The molecule has 11 heteroatoms.